The lowest BCUT2D eigenvalue weighted by molar-refractivity contribution is 0.201. The van der Waals surface area contributed by atoms with Gasteiger partial charge in [-0.15, -0.1) is 0 Å². The predicted octanol–water partition coefficient (Wildman–Crippen LogP) is 0.355. The summed E-state index contributed by atoms with van der Waals surface area (Å²) < 4.78 is 4.46. The Morgan fingerprint density at radius 1 is 1.43 bits per heavy atom. The van der Waals surface area contributed by atoms with Crippen molar-refractivity contribution in [3.63, 3.8) is 0 Å². The second-order valence-electron chi connectivity index (χ2n) is 1.45. The van der Waals surface area contributed by atoms with Gasteiger partial charge in [-0.2, -0.15) is 14.3 Å². The fraction of sp³-hybridized carbons (Fsp3) is 1.00. The predicted molar refractivity (Wildman–Crippen MR) is 29.0 cm³/mol. The highest BCUT2D eigenvalue weighted by Gasteiger charge is 2.07. The van der Waals surface area contributed by atoms with Crippen LogP contribution in [0.25, 0.3) is 0 Å². The Bertz CT molecular complexity index is 39.4. The molecular formula is C3H10O3P+. The fourth-order valence-electron chi connectivity index (χ4n) is 0.211. The molecule has 0 fully saturated rings. The van der Waals surface area contributed by atoms with Gasteiger partial charge in [-0.05, 0) is 13.8 Å². The van der Waals surface area contributed by atoms with Crippen molar-refractivity contribution in [2.45, 2.75) is 20.0 Å². The van der Waals surface area contributed by atoms with Crippen molar-refractivity contribution in [1.29, 1.82) is 0 Å². The number of rotatable bonds is 2. The van der Waals surface area contributed by atoms with Gasteiger partial charge in [0.25, 0.3) is 0 Å². The molecule has 0 bridgehead atoms. The van der Waals surface area contributed by atoms with E-state index in [1.165, 1.54) is 0 Å². The van der Waals surface area contributed by atoms with E-state index in [4.69, 9.17) is 9.79 Å². The highest BCUT2D eigenvalue weighted by Crippen LogP contribution is 2.25. The van der Waals surface area contributed by atoms with Crippen LogP contribution in [0, 0.1) is 0 Å². The molecule has 0 heterocycles. The minimum absolute atomic E-state index is 0.0797. The zero-order valence-electron chi connectivity index (χ0n) is 4.38. The molecule has 44 valence electrons. The van der Waals surface area contributed by atoms with Crippen LogP contribution in [0.1, 0.15) is 13.8 Å². The Morgan fingerprint density at radius 3 is 1.86 bits per heavy atom. The molecule has 0 aromatic rings. The standard InChI is InChI=1S/C3H10O3P/c1-3(2)6-7(4)5/h3-5,7H,1-2H3/q+1. The van der Waals surface area contributed by atoms with E-state index < -0.39 is 8.60 Å². The number of hydrogen-bond donors (Lipinski definition) is 2. The van der Waals surface area contributed by atoms with E-state index in [9.17, 15) is 0 Å². The van der Waals surface area contributed by atoms with Crippen LogP contribution in [0.5, 0.6) is 0 Å². The van der Waals surface area contributed by atoms with E-state index in [-0.39, 0.29) is 6.10 Å². The summed E-state index contributed by atoms with van der Waals surface area (Å²) in [4.78, 5) is 16.3. The molecule has 3 nitrogen and oxygen atoms in total. The van der Waals surface area contributed by atoms with Gasteiger partial charge in [-0.1, -0.05) is 0 Å². The first-order chi connectivity index (χ1) is 3.13. The first-order valence-corrected chi connectivity index (χ1v) is 3.34. The SMILES string of the molecule is CC(C)O[PH+](O)O. The lowest BCUT2D eigenvalue weighted by atomic mass is 10.5. The van der Waals surface area contributed by atoms with Crippen molar-refractivity contribution in [1.82, 2.24) is 0 Å². The highest BCUT2D eigenvalue weighted by atomic mass is 31.2. The van der Waals surface area contributed by atoms with Crippen LogP contribution < -0.4 is 0 Å². The van der Waals surface area contributed by atoms with E-state index in [1.54, 1.807) is 13.8 Å². The van der Waals surface area contributed by atoms with Crippen molar-refractivity contribution >= 4 is 8.60 Å². The van der Waals surface area contributed by atoms with Crippen molar-refractivity contribution in [3.8, 4) is 0 Å². The number of hydrogen-bond acceptors (Lipinski definition) is 3. The summed E-state index contributed by atoms with van der Waals surface area (Å²) in [6.07, 6.45) is -0.0797. The minimum atomic E-state index is -2.43. The molecule has 0 unspecified atom stereocenters. The van der Waals surface area contributed by atoms with E-state index in [2.05, 4.69) is 4.52 Å². The summed E-state index contributed by atoms with van der Waals surface area (Å²) in [6.45, 7) is 3.49. The van der Waals surface area contributed by atoms with Gasteiger partial charge in [0.1, 0.15) is 6.10 Å². The molecule has 7 heavy (non-hydrogen) atoms. The van der Waals surface area contributed by atoms with Crippen LogP contribution in [0.15, 0.2) is 0 Å². The van der Waals surface area contributed by atoms with Crippen molar-refractivity contribution < 1.29 is 14.3 Å². The Kier molecular flexibility index (Phi) is 3.48. The van der Waals surface area contributed by atoms with Crippen LogP contribution in [-0.2, 0) is 4.52 Å². The normalized spacial score (nSPS) is 11.1. The Morgan fingerprint density at radius 2 is 1.86 bits per heavy atom. The molecule has 0 amide bonds. The van der Waals surface area contributed by atoms with E-state index in [0.717, 1.165) is 0 Å². The van der Waals surface area contributed by atoms with Gasteiger partial charge in [0.05, 0.1) is 0 Å². The van der Waals surface area contributed by atoms with E-state index in [1.807, 2.05) is 0 Å². The second kappa shape index (κ2) is 3.33. The molecule has 0 aromatic carbocycles. The Hall–Kier alpha value is 0.310. The van der Waals surface area contributed by atoms with Gasteiger partial charge in [-0.25, -0.2) is 0 Å². The van der Waals surface area contributed by atoms with Crippen LogP contribution in [-0.4, -0.2) is 15.9 Å². The Labute approximate surface area is 43.9 Å². The minimum Gasteiger partial charge on any atom is -0.194 e. The third kappa shape index (κ3) is 6.31. The first kappa shape index (κ1) is 7.31. The molecule has 0 saturated heterocycles. The summed E-state index contributed by atoms with van der Waals surface area (Å²) in [5.74, 6) is 0. The highest BCUT2D eigenvalue weighted by molar-refractivity contribution is 7.39. The zero-order valence-corrected chi connectivity index (χ0v) is 5.38. The van der Waals surface area contributed by atoms with Gasteiger partial charge >= 0.3 is 8.60 Å². The monoisotopic (exact) mass is 125 g/mol. The summed E-state index contributed by atoms with van der Waals surface area (Å²) in [5, 5.41) is 0. The van der Waals surface area contributed by atoms with E-state index >= 15 is 0 Å². The van der Waals surface area contributed by atoms with Crippen LogP contribution in [0.3, 0.4) is 0 Å². The van der Waals surface area contributed by atoms with Crippen molar-refractivity contribution in [3.05, 3.63) is 0 Å². The largest absolute Gasteiger partial charge is 0.392 e. The lowest BCUT2D eigenvalue weighted by Crippen LogP contribution is -1.95. The van der Waals surface area contributed by atoms with E-state index in [0.29, 0.717) is 0 Å². The topological polar surface area (TPSA) is 49.7 Å². The molecule has 0 radical (unpaired) electrons. The first-order valence-electron chi connectivity index (χ1n) is 2.04. The molecule has 0 aliphatic rings. The van der Waals surface area contributed by atoms with Crippen LogP contribution in [0.2, 0.25) is 0 Å². The van der Waals surface area contributed by atoms with Gasteiger partial charge in [0.2, 0.25) is 0 Å². The summed E-state index contributed by atoms with van der Waals surface area (Å²) >= 11 is 0. The molecular weight excluding hydrogens is 115 g/mol. The molecule has 0 aliphatic carbocycles. The van der Waals surface area contributed by atoms with Crippen LogP contribution in [0.4, 0.5) is 0 Å². The maximum atomic E-state index is 8.16. The molecule has 0 rings (SSSR count). The average molecular weight is 125 g/mol. The van der Waals surface area contributed by atoms with Crippen LogP contribution >= 0.6 is 8.60 Å². The smallest absolute Gasteiger partial charge is 0.194 e. The molecule has 0 aliphatic heterocycles. The third-order valence-corrected chi connectivity index (χ3v) is 1.02. The molecule has 2 N–H and O–H groups in total. The maximum Gasteiger partial charge on any atom is 0.392 e. The average Bonchev–Trinajstić information content (AvgIpc) is 1.27. The van der Waals surface area contributed by atoms with Gasteiger partial charge in [0, 0.05) is 0 Å². The second-order valence-corrected chi connectivity index (χ2v) is 2.25. The Balaban J connectivity index is 2.95. The third-order valence-electron chi connectivity index (χ3n) is 0.341. The summed E-state index contributed by atoms with van der Waals surface area (Å²) in [6, 6.07) is 0. The quantitative estimate of drug-likeness (QED) is 0.523. The van der Waals surface area contributed by atoms with Gasteiger partial charge < -0.3 is 0 Å². The maximum absolute atomic E-state index is 8.16. The molecule has 4 heteroatoms. The van der Waals surface area contributed by atoms with Gasteiger partial charge in [0.15, 0.2) is 0 Å². The van der Waals surface area contributed by atoms with Crippen molar-refractivity contribution in [2.24, 2.45) is 0 Å². The molecule has 0 spiro atoms. The molecule has 0 aromatic heterocycles. The van der Waals surface area contributed by atoms with Gasteiger partial charge in [-0.3, -0.25) is 0 Å². The summed E-state index contributed by atoms with van der Waals surface area (Å²) in [7, 11) is -2.43. The fourth-order valence-corrected chi connectivity index (χ4v) is 0.632. The lowest BCUT2D eigenvalue weighted by Gasteiger charge is -1.96. The molecule has 0 saturated carbocycles. The molecule has 0 atom stereocenters. The zero-order chi connectivity index (χ0) is 5.86. The van der Waals surface area contributed by atoms with Crippen molar-refractivity contribution in [2.75, 3.05) is 0 Å². The summed E-state index contributed by atoms with van der Waals surface area (Å²) in [5.41, 5.74) is 0.